The molecule has 0 radical (unpaired) electrons. The Morgan fingerprint density at radius 2 is 1.71 bits per heavy atom. The normalized spacial score (nSPS) is 30.6. The monoisotopic (exact) mass is 315 g/mol. The SMILES string of the molecule is CC1CCCN(S(=O)(=O)N2CCC(NCC3CC3)CC2)C1. The van der Waals surface area contributed by atoms with Crippen molar-refractivity contribution >= 4 is 10.2 Å². The van der Waals surface area contributed by atoms with Crippen molar-refractivity contribution in [3.63, 3.8) is 0 Å². The summed E-state index contributed by atoms with van der Waals surface area (Å²) in [5, 5.41) is 3.61. The van der Waals surface area contributed by atoms with E-state index in [1.165, 1.54) is 12.8 Å². The Kier molecular flexibility index (Phi) is 4.88. The number of hydrogen-bond acceptors (Lipinski definition) is 3. The number of rotatable bonds is 5. The van der Waals surface area contributed by atoms with Gasteiger partial charge in [0.15, 0.2) is 0 Å². The molecule has 1 N–H and O–H groups in total. The smallest absolute Gasteiger partial charge is 0.281 e. The van der Waals surface area contributed by atoms with Gasteiger partial charge in [-0.3, -0.25) is 0 Å². The molecule has 0 aromatic heterocycles. The molecular formula is C15H29N3O2S. The van der Waals surface area contributed by atoms with Gasteiger partial charge in [0.25, 0.3) is 10.2 Å². The first-order valence-electron chi connectivity index (χ1n) is 8.54. The predicted octanol–water partition coefficient (Wildman–Crippen LogP) is 1.43. The molecule has 1 aliphatic carbocycles. The van der Waals surface area contributed by atoms with Gasteiger partial charge >= 0.3 is 0 Å². The largest absolute Gasteiger partial charge is 0.314 e. The van der Waals surface area contributed by atoms with E-state index in [-0.39, 0.29) is 0 Å². The zero-order valence-electron chi connectivity index (χ0n) is 13.1. The van der Waals surface area contributed by atoms with Crippen molar-refractivity contribution in [1.82, 2.24) is 13.9 Å². The zero-order chi connectivity index (χ0) is 14.9. The fourth-order valence-electron chi connectivity index (χ4n) is 3.47. The molecule has 0 bridgehead atoms. The van der Waals surface area contributed by atoms with Gasteiger partial charge < -0.3 is 5.32 Å². The lowest BCUT2D eigenvalue weighted by molar-refractivity contribution is 0.234. The number of nitrogens with one attached hydrogen (secondary N) is 1. The van der Waals surface area contributed by atoms with Crippen molar-refractivity contribution in [3.8, 4) is 0 Å². The molecule has 0 aromatic rings. The molecular weight excluding hydrogens is 286 g/mol. The summed E-state index contributed by atoms with van der Waals surface area (Å²) in [4.78, 5) is 0. The molecule has 6 heteroatoms. The summed E-state index contributed by atoms with van der Waals surface area (Å²) in [6.45, 7) is 6.02. The quantitative estimate of drug-likeness (QED) is 0.835. The third kappa shape index (κ3) is 3.97. The third-order valence-corrected chi connectivity index (χ3v) is 7.12. The minimum absolute atomic E-state index is 0.492. The molecule has 21 heavy (non-hydrogen) atoms. The first kappa shape index (κ1) is 15.7. The maximum absolute atomic E-state index is 12.7. The molecule has 2 saturated heterocycles. The second-order valence-electron chi connectivity index (χ2n) is 7.14. The average Bonchev–Trinajstić information content (AvgIpc) is 3.30. The lowest BCUT2D eigenvalue weighted by atomic mass is 10.0. The second kappa shape index (κ2) is 6.52. The molecule has 1 unspecified atom stereocenters. The standard InChI is InChI=1S/C15H29N3O2S/c1-13-3-2-8-18(12-13)21(19,20)17-9-6-15(7-10-17)16-11-14-4-5-14/h13-16H,2-12H2,1H3. The Morgan fingerprint density at radius 1 is 1.00 bits per heavy atom. The van der Waals surface area contributed by atoms with Gasteiger partial charge in [0.2, 0.25) is 0 Å². The van der Waals surface area contributed by atoms with Crippen LogP contribution < -0.4 is 5.32 Å². The zero-order valence-corrected chi connectivity index (χ0v) is 13.9. The van der Waals surface area contributed by atoms with Crippen molar-refractivity contribution in [1.29, 1.82) is 0 Å². The van der Waals surface area contributed by atoms with Crippen LogP contribution in [0.25, 0.3) is 0 Å². The van der Waals surface area contributed by atoms with Gasteiger partial charge in [0, 0.05) is 32.2 Å². The van der Waals surface area contributed by atoms with Crippen LogP contribution in [0.2, 0.25) is 0 Å². The minimum atomic E-state index is -3.22. The highest BCUT2D eigenvalue weighted by Gasteiger charge is 2.35. The molecule has 2 aliphatic heterocycles. The first-order chi connectivity index (χ1) is 10.1. The topological polar surface area (TPSA) is 52.7 Å². The van der Waals surface area contributed by atoms with Crippen LogP contribution in [0.4, 0.5) is 0 Å². The molecule has 3 fully saturated rings. The molecule has 0 spiro atoms. The minimum Gasteiger partial charge on any atom is -0.314 e. The van der Waals surface area contributed by atoms with E-state index in [2.05, 4.69) is 12.2 Å². The van der Waals surface area contributed by atoms with Crippen molar-refractivity contribution < 1.29 is 8.42 Å². The van der Waals surface area contributed by atoms with E-state index in [1.54, 1.807) is 8.61 Å². The number of hydrogen-bond donors (Lipinski definition) is 1. The van der Waals surface area contributed by atoms with Crippen LogP contribution in [0.1, 0.15) is 45.4 Å². The van der Waals surface area contributed by atoms with Crippen LogP contribution in [0.5, 0.6) is 0 Å². The Bertz CT molecular complexity index is 442. The van der Waals surface area contributed by atoms with Gasteiger partial charge in [0.05, 0.1) is 0 Å². The van der Waals surface area contributed by atoms with Gasteiger partial charge in [-0.2, -0.15) is 17.0 Å². The van der Waals surface area contributed by atoms with Gasteiger partial charge in [-0.15, -0.1) is 0 Å². The Balaban J connectivity index is 1.50. The summed E-state index contributed by atoms with van der Waals surface area (Å²) in [6.07, 6.45) is 6.80. The van der Waals surface area contributed by atoms with Crippen LogP contribution >= 0.6 is 0 Å². The van der Waals surface area contributed by atoms with Gasteiger partial charge in [-0.25, -0.2) is 0 Å². The Labute approximate surface area is 129 Å². The van der Waals surface area contributed by atoms with E-state index >= 15 is 0 Å². The fourth-order valence-corrected chi connectivity index (χ4v) is 5.27. The summed E-state index contributed by atoms with van der Waals surface area (Å²) in [7, 11) is -3.22. The summed E-state index contributed by atoms with van der Waals surface area (Å²) in [5.74, 6) is 1.38. The van der Waals surface area contributed by atoms with Gasteiger partial charge in [-0.1, -0.05) is 6.92 Å². The van der Waals surface area contributed by atoms with Crippen molar-refractivity contribution in [2.24, 2.45) is 11.8 Å². The van der Waals surface area contributed by atoms with E-state index in [0.717, 1.165) is 38.1 Å². The van der Waals surface area contributed by atoms with E-state index in [1.807, 2.05) is 0 Å². The maximum Gasteiger partial charge on any atom is 0.281 e. The number of piperidine rings is 2. The highest BCUT2D eigenvalue weighted by atomic mass is 32.2. The highest BCUT2D eigenvalue weighted by molar-refractivity contribution is 7.86. The van der Waals surface area contributed by atoms with Gasteiger partial charge in [-0.05, 0) is 56.9 Å². The van der Waals surface area contributed by atoms with Crippen molar-refractivity contribution in [3.05, 3.63) is 0 Å². The number of nitrogens with zero attached hydrogens (tertiary/aromatic N) is 2. The third-order valence-electron chi connectivity index (χ3n) is 5.12. The molecule has 5 nitrogen and oxygen atoms in total. The first-order valence-corrected chi connectivity index (χ1v) is 9.94. The molecule has 2 heterocycles. The maximum atomic E-state index is 12.7. The summed E-state index contributed by atoms with van der Waals surface area (Å²) in [6, 6.07) is 0.511. The van der Waals surface area contributed by atoms with Crippen LogP contribution in [0.15, 0.2) is 0 Å². The molecule has 0 amide bonds. The van der Waals surface area contributed by atoms with Crippen molar-refractivity contribution in [2.75, 3.05) is 32.7 Å². The van der Waals surface area contributed by atoms with E-state index in [9.17, 15) is 8.42 Å². The molecule has 3 rings (SSSR count). The average molecular weight is 315 g/mol. The molecule has 0 aromatic carbocycles. The molecule has 1 saturated carbocycles. The molecule has 1 atom stereocenters. The van der Waals surface area contributed by atoms with Gasteiger partial charge in [0.1, 0.15) is 0 Å². The Morgan fingerprint density at radius 3 is 2.33 bits per heavy atom. The highest BCUT2D eigenvalue weighted by Crippen LogP contribution is 2.28. The summed E-state index contributed by atoms with van der Waals surface area (Å²) >= 11 is 0. The fraction of sp³-hybridized carbons (Fsp3) is 1.00. The van der Waals surface area contributed by atoms with Crippen LogP contribution in [-0.2, 0) is 10.2 Å². The van der Waals surface area contributed by atoms with Crippen LogP contribution in [0.3, 0.4) is 0 Å². The van der Waals surface area contributed by atoms with E-state index in [4.69, 9.17) is 0 Å². The predicted molar refractivity (Wildman–Crippen MR) is 84.2 cm³/mol. The molecule has 3 aliphatic rings. The van der Waals surface area contributed by atoms with Crippen molar-refractivity contribution in [2.45, 2.75) is 51.5 Å². The molecule has 122 valence electrons. The summed E-state index contributed by atoms with van der Waals surface area (Å²) in [5.41, 5.74) is 0. The van der Waals surface area contributed by atoms with Crippen LogP contribution in [0, 0.1) is 11.8 Å². The summed E-state index contributed by atoms with van der Waals surface area (Å²) < 4.78 is 28.8. The van der Waals surface area contributed by atoms with Crippen LogP contribution in [-0.4, -0.2) is 55.8 Å². The Hall–Kier alpha value is -0.170. The van der Waals surface area contributed by atoms with E-state index < -0.39 is 10.2 Å². The second-order valence-corrected chi connectivity index (χ2v) is 9.07. The lowest BCUT2D eigenvalue weighted by Crippen LogP contribution is -2.52. The lowest BCUT2D eigenvalue weighted by Gasteiger charge is -2.37. The van der Waals surface area contributed by atoms with E-state index in [0.29, 0.717) is 38.1 Å².